The maximum atomic E-state index is 13.3. The van der Waals surface area contributed by atoms with Crippen LogP contribution >= 0.6 is 0 Å². The van der Waals surface area contributed by atoms with E-state index in [4.69, 9.17) is 4.42 Å². The molecule has 5 heteroatoms. The van der Waals surface area contributed by atoms with E-state index < -0.39 is 6.10 Å². The molecule has 0 bridgehead atoms. The van der Waals surface area contributed by atoms with E-state index in [2.05, 4.69) is 5.10 Å². The second kappa shape index (κ2) is 4.76. The van der Waals surface area contributed by atoms with Crippen LogP contribution in [0.4, 0.5) is 4.39 Å². The van der Waals surface area contributed by atoms with Gasteiger partial charge in [0.05, 0.1) is 5.69 Å². The Balaban J connectivity index is 2.12. The van der Waals surface area contributed by atoms with Gasteiger partial charge in [0.1, 0.15) is 17.2 Å². The fraction of sp³-hybridized carbons (Fsp3) is 0.267. The molecule has 0 aliphatic rings. The van der Waals surface area contributed by atoms with E-state index >= 15 is 0 Å². The lowest BCUT2D eigenvalue weighted by atomic mass is 10.1. The standard InChI is InChI=1S/C15H15FN2O2/c1-3-18-12(6-7-17-18)14(19)15-9(2)11-8-10(16)4-5-13(11)20-15/h4-8,14,19H,3H2,1-2H3. The second-order valence-corrected chi connectivity index (χ2v) is 4.71. The van der Waals surface area contributed by atoms with E-state index in [0.717, 1.165) is 5.56 Å². The molecule has 20 heavy (non-hydrogen) atoms. The minimum absolute atomic E-state index is 0.318. The van der Waals surface area contributed by atoms with Crippen LogP contribution in [0.25, 0.3) is 11.0 Å². The molecule has 0 fully saturated rings. The third-order valence-corrected chi connectivity index (χ3v) is 3.51. The molecule has 0 amide bonds. The van der Waals surface area contributed by atoms with Gasteiger partial charge in [-0.25, -0.2) is 4.39 Å². The Bertz CT molecular complexity index is 760. The van der Waals surface area contributed by atoms with Crippen molar-refractivity contribution in [1.29, 1.82) is 0 Å². The van der Waals surface area contributed by atoms with Crippen molar-refractivity contribution in [2.45, 2.75) is 26.5 Å². The Morgan fingerprint density at radius 1 is 1.40 bits per heavy atom. The lowest BCUT2D eigenvalue weighted by molar-refractivity contribution is 0.180. The molecule has 104 valence electrons. The number of aromatic nitrogens is 2. The quantitative estimate of drug-likeness (QED) is 0.798. The summed E-state index contributed by atoms with van der Waals surface area (Å²) in [6.45, 7) is 4.42. The zero-order valence-electron chi connectivity index (χ0n) is 11.3. The Kier molecular flexibility index (Phi) is 3.06. The number of fused-ring (bicyclic) bond motifs is 1. The van der Waals surface area contributed by atoms with Crippen LogP contribution in [0.3, 0.4) is 0 Å². The molecule has 2 heterocycles. The Morgan fingerprint density at radius 3 is 2.95 bits per heavy atom. The van der Waals surface area contributed by atoms with Gasteiger partial charge in [0.15, 0.2) is 6.10 Å². The number of aliphatic hydroxyl groups excluding tert-OH is 1. The highest BCUT2D eigenvalue weighted by atomic mass is 19.1. The number of hydrogen-bond donors (Lipinski definition) is 1. The smallest absolute Gasteiger partial charge is 0.153 e. The summed E-state index contributed by atoms with van der Waals surface area (Å²) in [7, 11) is 0. The number of hydrogen-bond acceptors (Lipinski definition) is 3. The van der Waals surface area contributed by atoms with E-state index in [1.807, 2.05) is 13.8 Å². The fourth-order valence-corrected chi connectivity index (χ4v) is 2.45. The third kappa shape index (κ3) is 1.91. The average molecular weight is 274 g/mol. The van der Waals surface area contributed by atoms with Gasteiger partial charge in [-0.2, -0.15) is 5.10 Å². The van der Waals surface area contributed by atoms with Gasteiger partial charge < -0.3 is 9.52 Å². The summed E-state index contributed by atoms with van der Waals surface area (Å²) in [4.78, 5) is 0. The Morgan fingerprint density at radius 2 is 2.20 bits per heavy atom. The lowest BCUT2D eigenvalue weighted by Gasteiger charge is -2.10. The second-order valence-electron chi connectivity index (χ2n) is 4.71. The number of rotatable bonds is 3. The van der Waals surface area contributed by atoms with Gasteiger partial charge in [0.25, 0.3) is 0 Å². The number of aliphatic hydroxyl groups is 1. The predicted molar refractivity (Wildman–Crippen MR) is 72.9 cm³/mol. The van der Waals surface area contributed by atoms with E-state index in [9.17, 15) is 9.50 Å². The van der Waals surface area contributed by atoms with E-state index in [-0.39, 0.29) is 5.82 Å². The largest absolute Gasteiger partial charge is 0.458 e. The first kappa shape index (κ1) is 12.9. The van der Waals surface area contributed by atoms with Crippen LogP contribution in [0.1, 0.15) is 30.0 Å². The van der Waals surface area contributed by atoms with Crippen molar-refractivity contribution in [1.82, 2.24) is 9.78 Å². The molecule has 0 saturated carbocycles. The summed E-state index contributed by atoms with van der Waals surface area (Å²) in [6.07, 6.45) is 0.729. The van der Waals surface area contributed by atoms with Gasteiger partial charge >= 0.3 is 0 Å². The van der Waals surface area contributed by atoms with Gasteiger partial charge in [0.2, 0.25) is 0 Å². The summed E-state index contributed by atoms with van der Waals surface area (Å²) < 4.78 is 20.7. The highest BCUT2D eigenvalue weighted by Gasteiger charge is 2.22. The molecule has 0 aliphatic heterocycles. The van der Waals surface area contributed by atoms with Crippen molar-refractivity contribution < 1.29 is 13.9 Å². The van der Waals surface area contributed by atoms with Crippen molar-refractivity contribution in [2.75, 3.05) is 0 Å². The Hall–Kier alpha value is -2.14. The van der Waals surface area contributed by atoms with Crippen molar-refractivity contribution in [2.24, 2.45) is 0 Å². The van der Waals surface area contributed by atoms with Crippen LogP contribution < -0.4 is 0 Å². The lowest BCUT2D eigenvalue weighted by Crippen LogP contribution is -2.09. The summed E-state index contributed by atoms with van der Waals surface area (Å²) in [5, 5.41) is 15.3. The van der Waals surface area contributed by atoms with Gasteiger partial charge in [-0.3, -0.25) is 4.68 Å². The minimum atomic E-state index is -0.909. The highest BCUT2D eigenvalue weighted by molar-refractivity contribution is 5.82. The molecule has 0 spiro atoms. The van der Waals surface area contributed by atoms with Gasteiger partial charge in [-0.1, -0.05) is 0 Å². The Labute approximate surface area is 115 Å². The molecule has 3 aromatic rings. The van der Waals surface area contributed by atoms with Crippen LogP contribution in [0, 0.1) is 12.7 Å². The van der Waals surface area contributed by atoms with Gasteiger partial charge in [0, 0.05) is 23.7 Å². The number of nitrogens with zero attached hydrogens (tertiary/aromatic N) is 2. The van der Waals surface area contributed by atoms with Crippen molar-refractivity contribution in [3.05, 3.63) is 53.3 Å². The SMILES string of the molecule is CCn1nccc1C(O)c1oc2ccc(F)cc2c1C. The molecule has 0 saturated heterocycles. The molecular weight excluding hydrogens is 259 g/mol. The van der Waals surface area contributed by atoms with Crippen LogP contribution in [0.15, 0.2) is 34.9 Å². The van der Waals surface area contributed by atoms with Gasteiger partial charge in [-0.05, 0) is 38.1 Å². The predicted octanol–water partition coefficient (Wildman–Crippen LogP) is 3.18. The van der Waals surface area contributed by atoms with Crippen LogP contribution in [-0.4, -0.2) is 14.9 Å². The van der Waals surface area contributed by atoms with E-state index in [1.54, 1.807) is 23.0 Å². The summed E-state index contributed by atoms with van der Waals surface area (Å²) in [6, 6.07) is 6.09. The van der Waals surface area contributed by atoms with Crippen molar-refractivity contribution in [3.8, 4) is 0 Å². The van der Waals surface area contributed by atoms with Crippen LogP contribution in [-0.2, 0) is 6.54 Å². The topological polar surface area (TPSA) is 51.2 Å². The maximum absolute atomic E-state index is 13.3. The maximum Gasteiger partial charge on any atom is 0.153 e. The number of furan rings is 1. The summed E-state index contributed by atoms with van der Waals surface area (Å²) in [5.74, 6) is 0.113. The monoisotopic (exact) mass is 274 g/mol. The molecule has 1 unspecified atom stereocenters. The van der Waals surface area contributed by atoms with E-state index in [1.165, 1.54) is 12.1 Å². The molecule has 4 nitrogen and oxygen atoms in total. The number of benzene rings is 1. The average Bonchev–Trinajstić information content (AvgIpc) is 3.03. The first-order valence-corrected chi connectivity index (χ1v) is 6.50. The first-order valence-electron chi connectivity index (χ1n) is 6.50. The third-order valence-electron chi connectivity index (χ3n) is 3.51. The zero-order chi connectivity index (χ0) is 14.3. The molecule has 1 atom stereocenters. The van der Waals surface area contributed by atoms with Crippen LogP contribution in [0.2, 0.25) is 0 Å². The highest BCUT2D eigenvalue weighted by Crippen LogP contribution is 2.32. The fourth-order valence-electron chi connectivity index (χ4n) is 2.45. The molecule has 0 radical (unpaired) electrons. The molecule has 0 aliphatic carbocycles. The molecule has 2 aromatic heterocycles. The van der Waals surface area contributed by atoms with Crippen LogP contribution in [0.5, 0.6) is 0 Å². The molecule has 1 aromatic carbocycles. The first-order chi connectivity index (χ1) is 9.61. The normalized spacial score (nSPS) is 13.0. The molecule has 3 rings (SSSR count). The summed E-state index contributed by atoms with van der Waals surface area (Å²) in [5.41, 5.74) is 1.98. The van der Waals surface area contributed by atoms with Crippen molar-refractivity contribution in [3.63, 3.8) is 0 Å². The van der Waals surface area contributed by atoms with E-state index in [0.29, 0.717) is 29.0 Å². The van der Waals surface area contributed by atoms with Crippen molar-refractivity contribution >= 4 is 11.0 Å². The molecular formula is C15H15FN2O2. The summed E-state index contributed by atoms with van der Waals surface area (Å²) >= 11 is 0. The number of halogens is 1. The number of aryl methyl sites for hydroxylation is 2. The van der Waals surface area contributed by atoms with Gasteiger partial charge in [-0.15, -0.1) is 0 Å². The zero-order valence-corrected chi connectivity index (χ0v) is 11.3. The minimum Gasteiger partial charge on any atom is -0.458 e. The molecule has 1 N–H and O–H groups in total.